The minimum absolute atomic E-state index is 0.262. The summed E-state index contributed by atoms with van der Waals surface area (Å²) in [7, 11) is 0. The Kier molecular flexibility index (Phi) is 6.35. The number of benzene rings is 2. The zero-order chi connectivity index (χ0) is 20.2. The number of hydrogen-bond donors (Lipinski definition) is 1. The smallest absolute Gasteiger partial charge is 0.275 e. The van der Waals surface area contributed by atoms with Gasteiger partial charge in [0.25, 0.3) is 5.91 Å². The van der Waals surface area contributed by atoms with Gasteiger partial charge in [0, 0.05) is 30.2 Å². The molecular formula is C21H21Cl2N3O3. The van der Waals surface area contributed by atoms with Crippen LogP contribution < -0.4 is 10.1 Å². The number of ether oxygens (including phenoxy) is 2. The van der Waals surface area contributed by atoms with Crippen LogP contribution in [0.3, 0.4) is 0 Å². The maximum Gasteiger partial charge on any atom is 0.275 e. The Morgan fingerprint density at radius 2 is 1.97 bits per heavy atom. The van der Waals surface area contributed by atoms with E-state index in [2.05, 4.69) is 15.2 Å². The third-order valence-corrected chi connectivity index (χ3v) is 5.37. The number of carbonyl (C=O) groups excluding carboxylic acids is 1. The van der Waals surface area contributed by atoms with E-state index >= 15 is 0 Å². The fraction of sp³-hybridized carbons (Fsp3) is 0.333. The monoisotopic (exact) mass is 433 g/mol. The third-order valence-electron chi connectivity index (χ3n) is 4.84. The van der Waals surface area contributed by atoms with Crippen LogP contribution in [-0.4, -0.2) is 56.0 Å². The molecule has 0 aliphatic carbocycles. The van der Waals surface area contributed by atoms with Gasteiger partial charge in [0.1, 0.15) is 11.5 Å². The average Bonchev–Trinajstić information content (AvgIpc) is 3.02. The van der Waals surface area contributed by atoms with Crippen LogP contribution in [-0.2, 0) is 9.53 Å². The van der Waals surface area contributed by atoms with Gasteiger partial charge in [-0.1, -0.05) is 23.2 Å². The van der Waals surface area contributed by atoms with E-state index in [9.17, 15) is 4.79 Å². The molecule has 152 valence electrons. The molecule has 29 heavy (non-hydrogen) atoms. The van der Waals surface area contributed by atoms with Crippen molar-refractivity contribution in [2.75, 3.05) is 44.8 Å². The van der Waals surface area contributed by atoms with Crippen molar-refractivity contribution in [1.29, 1.82) is 0 Å². The van der Waals surface area contributed by atoms with Gasteiger partial charge in [-0.15, -0.1) is 0 Å². The quantitative estimate of drug-likeness (QED) is 0.694. The first kappa shape index (κ1) is 20.2. The molecule has 1 saturated heterocycles. The molecule has 1 N–H and O–H groups in total. The number of fused-ring (bicyclic) bond motifs is 1. The highest BCUT2D eigenvalue weighted by atomic mass is 35.5. The summed E-state index contributed by atoms with van der Waals surface area (Å²) < 4.78 is 11.2. The molecule has 0 radical (unpaired) electrons. The molecule has 4 rings (SSSR count). The topological polar surface area (TPSA) is 63.2 Å². The van der Waals surface area contributed by atoms with Crippen molar-refractivity contribution in [3.63, 3.8) is 0 Å². The summed E-state index contributed by atoms with van der Waals surface area (Å²) in [5.41, 5.74) is 2.28. The minimum atomic E-state index is -0.262. The van der Waals surface area contributed by atoms with Crippen molar-refractivity contribution in [3.8, 4) is 5.75 Å². The highest BCUT2D eigenvalue weighted by Crippen LogP contribution is 2.32. The van der Waals surface area contributed by atoms with Crippen LogP contribution in [0.25, 0.3) is 0 Å². The molecule has 2 aromatic carbocycles. The molecule has 8 heteroatoms. The van der Waals surface area contributed by atoms with Crippen molar-refractivity contribution < 1.29 is 14.3 Å². The van der Waals surface area contributed by atoms with Crippen LogP contribution >= 0.6 is 23.2 Å². The van der Waals surface area contributed by atoms with Crippen LogP contribution in [0.1, 0.15) is 12.0 Å². The first-order chi connectivity index (χ1) is 14.1. The van der Waals surface area contributed by atoms with Crippen molar-refractivity contribution in [2.24, 2.45) is 4.99 Å². The predicted octanol–water partition coefficient (Wildman–Crippen LogP) is 4.17. The second kappa shape index (κ2) is 9.13. The summed E-state index contributed by atoms with van der Waals surface area (Å²) in [5.74, 6) is 0.346. The van der Waals surface area contributed by atoms with E-state index in [4.69, 9.17) is 32.7 Å². The Hall–Kier alpha value is -2.12. The lowest BCUT2D eigenvalue weighted by Gasteiger charge is -2.26. The number of amides is 1. The summed E-state index contributed by atoms with van der Waals surface area (Å²) in [6.45, 7) is 5.09. The summed E-state index contributed by atoms with van der Waals surface area (Å²) in [6.07, 6.45) is 0.915. The molecule has 2 aliphatic rings. The average molecular weight is 434 g/mol. The lowest BCUT2D eigenvalue weighted by Crippen LogP contribution is -2.37. The Labute approximate surface area is 179 Å². The van der Waals surface area contributed by atoms with Crippen molar-refractivity contribution in [1.82, 2.24) is 4.90 Å². The Bertz CT molecular complexity index is 943. The Balaban J connectivity index is 1.39. The Morgan fingerprint density at radius 3 is 2.76 bits per heavy atom. The first-order valence-electron chi connectivity index (χ1n) is 9.52. The summed E-state index contributed by atoms with van der Waals surface area (Å²) in [6, 6.07) is 10.5. The lowest BCUT2D eigenvalue weighted by molar-refractivity contribution is -0.110. The molecule has 2 aromatic rings. The highest BCUT2D eigenvalue weighted by Gasteiger charge is 2.26. The molecule has 0 atom stereocenters. The number of aliphatic imine (C=N–C) groups is 1. The van der Waals surface area contributed by atoms with Crippen molar-refractivity contribution in [3.05, 3.63) is 52.0 Å². The molecule has 2 aliphatic heterocycles. The molecule has 1 amide bonds. The molecule has 0 bridgehead atoms. The second-order valence-corrected chi connectivity index (χ2v) is 7.72. The molecule has 0 unspecified atom stereocenters. The van der Waals surface area contributed by atoms with Gasteiger partial charge in [0.2, 0.25) is 0 Å². The number of nitrogens with zero attached hydrogens (tertiary/aromatic N) is 2. The van der Waals surface area contributed by atoms with E-state index in [-0.39, 0.29) is 5.91 Å². The molecule has 0 spiro atoms. The number of carbonyl (C=O) groups is 1. The van der Waals surface area contributed by atoms with Crippen LogP contribution in [0.2, 0.25) is 10.0 Å². The van der Waals surface area contributed by atoms with Gasteiger partial charge < -0.3 is 14.8 Å². The van der Waals surface area contributed by atoms with Crippen LogP contribution in [0.5, 0.6) is 5.75 Å². The number of nitrogens with one attached hydrogen (secondary N) is 1. The highest BCUT2D eigenvalue weighted by molar-refractivity contribution is 6.54. The van der Waals surface area contributed by atoms with Crippen molar-refractivity contribution >= 4 is 46.2 Å². The summed E-state index contributed by atoms with van der Waals surface area (Å²) >= 11 is 12.4. The van der Waals surface area contributed by atoms with E-state index in [0.29, 0.717) is 45.1 Å². The third kappa shape index (κ3) is 4.90. The van der Waals surface area contributed by atoms with Gasteiger partial charge in [0.15, 0.2) is 0 Å². The molecule has 1 fully saturated rings. The second-order valence-electron chi connectivity index (χ2n) is 6.88. The van der Waals surface area contributed by atoms with Gasteiger partial charge in [-0.05, 0) is 42.8 Å². The number of halogens is 2. The number of rotatable bonds is 6. The zero-order valence-corrected chi connectivity index (χ0v) is 17.3. The zero-order valence-electron chi connectivity index (χ0n) is 15.8. The largest absolute Gasteiger partial charge is 0.492 e. The summed E-state index contributed by atoms with van der Waals surface area (Å²) in [5, 5.41) is 3.79. The standard InChI is InChI=1S/C21H21Cl2N3O3/c22-14-2-4-18-16(12-14)20(21(27)25-18)24-15-3-5-19(17(23)13-15)29-9-1-6-26-7-10-28-11-8-26/h2-5,12-13H,1,6-11H2,(H,24,25,27). The first-order valence-corrected chi connectivity index (χ1v) is 10.3. The number of morpholine rings is 1. The lowest BCUT2D eigenvalue weighted by atomic mass is 10.1. The predicted molar refractivity (Wildman–Crippen MR) is 115 cm³/mol. The molecular weight excluding hydrogens is 413 g/mol. The molecule has 0 saturated carbocycles. The van der Waals surface area contributed by atoms with Gasteiger partial charge in [-0.25, -0.2) is 4.99 Å². The molecule has 0 aromatic heterocycles. The fourth-order valence-corrected chi connectivity index (χ4v) is 3.74. The normalized spacial score (nSPS) is 18.0. The van der Waals surface area contributed by atoms with Gasteiger partial charge >= 0.3 is 0 Å². The van der Waals surface area contributed by atoms with E-state index in [1.54, 1.807) is 36.4 Å². The number of anilines is 1. The summed E-state index contributed by atoms with van der Waals surface area (Å²) in [4.78, 5) is 19.1. The minimum Gasteiger partial charge on any atom is -0.492 e. The van der Waals surface area contributed by atoms with Crippen molar-refractivity contribution in [2.45, 2.75) is 6.42 Å². The van der Waals surface area contributed by atoms with E-state index in [0.717, 1.165) is 39.3 Å². The molecule has 6 nitrogen and oxygen atoms in total. The van der Waals surface area contributed by atoms with Gasteiger partial charge in [-0.3, -0.25) is 9.69 Å². The van der Waals surface area contributed by atoms with Gasteiger partial charge in [-0.2, -0.15) is 0 Å². The van der Waals surface area contributed by atoms with Gasteiger partial charge in [0.05, 0.1) is 36.2 Å². The van der Waals surface area contributed by atoms with E-state index < -0.39 is 0 Å². The number of hydrogen-bond acceptors (Lipinski definition) is 5. The maximum atomic E-state index is 12.2. The van der Waals surface area contributed by atoms with Crippen LogP contribution in [0, 0.1) is 0 Å². The van der Waals surface area contributed by atoms with E-state index in [1.807, 2.05) is 0 Å². The SMILES string of the molecule is O=C1Nc2ccc(Cl)cc2C1=Nc1ccc(OCCCN2CCOCC2)c(Cl)c1. The van der Waals surface area contributed by atoms with E-state index in [1.165, 1.54) is 0 Å². The fourth-order valence-electron chi connectivity index (χ4n) is 3.34. The van der Waals surface area contributed by atoms with Crippen LogP contribution in [0.4, 0.5) is 11.4 Å². The maximum absolute atomic E-state index is 12.2. The molecule has 2 heterocycles. The van der Waals surface area contributed by atoms with Crippen LogP contribution in [0.15, 0.2) is 41.4 Å². The Morgan fingerprint density at radius 1 is 1.14 bits per heavy atom.